The van der Waals surface area contributed by atoms with Gasteiger partial charge in [0, 0.05) is 32.4 Å². The molecule has 5 nitrogen and oxygen atoms in total. The molecule has 2 bridgehead atoms. The Hall–Kier alpha value is -1.36. The Kier molecular flexibility index (Phi) is 6.06. The number of amides is 1. The van der Waals surface area contributed by atoms with Crippen LogP contribution in [-0.2, 0) is 14.3 Å². The number of carbonyl (C=O) groups is 2. The minimum absolute atomic E-state index is 0.00332. The van der Waals surface area contributed by atoms with Crippen molar-refractivity contribution < 1.29 is 14.3 Å². The molecular formula is C21H34N2O3. The van der Waals surface area contributed by atoms with Gasteiger partial charge < -0.3 is 10.5 Å². The lowest BCUT2D eigenvalue weighted by Gasteiger charge is -2.35. The number of nitrogens with zero attached hydrogens (tertiary/aromatic N) is 1. The van der Waals surface area contributed by atoms with Crippen molar-refractivity contribution in [1.82, 2.24) is 4.90 Å². The van der Waals surface area contributed by atoms with E-state index in [2.05, 4.69) is 18.7 Å². The molecule has 2 N–H and O–H groups in total. The van der Waals surface area contributed by atoms with E-state index in [1.807, 2.05) is 0 Å². The van der Waals surface area contributed by atoms with Gasteiger partial charge in [0.25, 0.3) is 0 Å². The van der Waals surface area contributed by atoms with Gasteiger partial charge in [0.1, 0.15) is 12.4 Å². The molecule has 3 rings (SSSR count). The molecule has 0 spiro atoms. The molecular weight excluding hydrogens is 328 g/mol. The first kappa shape index (κ1) is 19.4. The molecule has 1 saturated carbocycles. The molecule has 26 heavy (non-hydrogen) atoms. The summed E-state index contributed by atoms with van der Waals surface area (Å²) in [6.45, 7) is 7.57. The zero-order valence-corrected chi connectivity index (χ0v) is 16.4. The van der Waals surface area contributed by atoms with E-state index in [0.29, 0.717) is 31.1 Å². The third-order valence-corrected chi connectivity index (χ3v) is 6.35. The summed E-state index contributed by atoms with van der Waals surface area (Å²) in [5, 5.41) is 0. The molecule has 1 saturated heterocycles. The highest BCUT2D eigenvalue weighted by Crippen LogP contribution is 2.55. The van der Waals surface area contributed by atoms with Crippen molar-refractivity contribution in [2.45, 2.75) is 65.2 Å². The zero-order chi connectivity index (χ0) is 18.7. The number of Topliss-reactive ketones (excluding diaryl/α,β-unsaturated/α-hetero) is 1. The quantitative estimate of drug-likeness (QED) is 0.684. The maximum Gasteiger partial charge on any atom is 0.221 e. The number of fused-ring (bicyclic) bond motifs is 2. The molecule has 2 fully saturated rings. The Labute approximate surface area is 157 Å². The highest BCUT2D eigenvalue weighted by Gasteiger charge is 2.45. The second-order valence-electron chi connectivity index (χ2n) is 8.90. The van der Waals surface area contributed by atoms with Crippen molar-refractivity contribution in [2.75, 3.05) is 26.2 Å². The number of ketones is 1. The molecule has 1 amide bonds. The standard InChI is InChI=1S/C21H34N2O3/c1-3-4-18(24)12-21-10-15(2)9-17(11-21)19(13-21)26-8-7-23-6-5-16(14-23)20(22)25/h15-16H,3-14H2,1-2H3,(H2,22,25). The summed E-state index contributed by atoms with van der Waals surface area (Å²) in [6.07, 6.45) is 7.48. The Morgan fingerprint density at radius 1 is 1.35 bits per heavy atom. The van der Waals surface area contributed by atoms with Gasteiger partial charge >= 0.3 is 0 Å². The van der Waals surface area contributed by atoms with Crippen molar-refractivity contribution in [3.8, 4) is 0 Å². The van der Waals surface area contributed by atoms with Crippen LogP contribution in [0.5, 0.6) is 0 Å². The lowest BCUT2D eigenvalue weighted by atomic mass is 9.68. The molecule has 5 heteroatoms. The number of ether oxygens (including phenoxy) is 1. The predicted octanol–water partition coefficient (Wildman–Crippen LogP) is 3.03. The van der Waals surface area contributed by atoms with Crippen LogP contribution in [0.25, 0.3) is 0 Å². The number of rotatable bonds is 9. The van der Waals surface area contributed by atoms with E-state index < -0.39 is 0 Å². The van der Waals surface area contributed by atoms with Crippen LogP contribution in [0.15, 0.2) is 11.3 Å². The van der Waals surface area contributed by atoms with E-state index in [-0.39, 0.29) is 17.2 Å². The van der Waals surface area contributed by atoms with Crippen LogP contribution < -0.4 is 5.73 Å². The molecule has 0 radical (unpaired) electrons. The number of nitrogens with two attached hydrogens (primary N) is 1. The Morgan fingerprint density at radius 3 is 2.85 bits per heavy atom. The molecule has 2 aliphatic carbocycles. The lowest BCUT2D eigenvalue weighted by Crippen LogP contribution is -2.29. The van der Waals surface area contributed by atoms with Gasteiger partial charge in [-0.3, -0.25) is 14.5 Å². The van der Waals surface area contributed by atoms with Crippen LogP contribution in [0.2, 0.25) is 0 Å². The fourth-order valence-corrected chi connectivity index (χ4v) is 5.34. The number of hydrogen-bond acceptors (Lipinski definition) is 4. The van der Waals surface area contributed by atoms with E-state index in [4.69, 9.17) is 10.5 Å². The van der Waals surface area contributed by atoms with Crippen LogP contribution in [0.4, 0.5) is 0 Å². The van der Waals surface area contributed by atoms with Gasteiger partial charge in [0.05, 0.1) is 11.7 Å². The summed E-state index contributed by atoms with van der Waals surface area (Å²) >= 11 is 0. The zero-order valence-electron chi connectivity index (χ0n) is 16.4. The summed E-state index contributed by atoms with van der Waals surface area (Å²) < 4.78 is 6.20. The number of carbonyl (C=O) groups excluding carboxylic acids is 2. The molecule has 1 heterocycles. The van der Waals surface area contributed by atoms with Crippen molar-refractivity contribution in [2.24, 2.45) is 23.0 Å². The second kappa shape index (κ2) is 8.12. The van der Waals surface area contributed by atoms with Crippen LogP contribution in [0, 0.1) is 17.3 Å². The topological polar surface area (TPSA) is 72.6 Å². The summed E-state index contributed by atoms with van der Waals surface area (Å²) in [6, 6.07) is 0. The minimum atomic E-state index is -0.185. The highest BCUT2D eigenvalue weighted by atomic mass is 16.5. The first-order chi connectivity index (χ1) is 12.4. The largest absolute Gasteiger partial charge is 0.497 e. The molecule has 0 aromatic heterocycles. The van der Waals surface area contributed by atoms with E-state index in [1.165, 1.54) is 5.57 Å². The van der Waals surface area contributed by atoms with E-state index >= 15 is 0 Å². The summed E-state index contributed by atoms with van der Waals surface area (Å²) in [7, 11) is 0. The van der Waals surface area contributed by atoms with Crippen LogP contribution in [-0.4, -0.2) is 42.8 Å². The van der Waals surface area contributed by atoms with Gasteiger partial charge in [0.15, 0.2) is 0 Å². The number of likely N-dealkylation sites (tertiary alicyclic amines) is 1. The van der Waals surface area contributed by atoms with Gasteiger partial charge in [-0.05, 0) is 55.6 Å². The van der Waals surface area contributed by atoms with E-state index in [1.54, 1.807) is 0 Å². The van der Waals surface area contributed by atoms with Crippen LogP contribution in [0.1, 0.15) is 65.2 Å². The minimum Gasteiger partial charge on any atom is -0.497 e. The average Bonchev–Trinajstić information content (AvgIpc) is 3.11. The summed E-state index contributed by atoms with van der Waals surface area (Å²) in [5.41, 5.74) is 6.98. The first-order valence-corrected chi connectivity index (χ1v) is 10.3. The molecule has 0 aromatic carbocycles. The molecule has 3 aliphatic rings. The van der Waals surface area contributed by atoms with E-state index in [0.717, 1.165) is 63.9 Å². The Morgan fingerprint density at radius 2 is 2.15 bits per heavy atom. The first-order valence-electron chi connectivity index (χ1n) is 10.3. The van der Waals surface area contributed by atoms with Crippen molar-refractivity contribution in [3.63, 3.8) is 0 Å². The second-order valence-corrected chi connectivity index (χ2v) is 8.90. The third-order valence-electron chi connectivity index (χ3n) is 6.35. The van der Waals surface area contributed by atoms with Gasteiger partial charge in [-0.15, -0.1) is 0 Å². The fourth-order valence-electron chi connectivity index (χ4n) is 5.34. The molecule has 0 aromatic rings. The maximum absolute atomic E-state index is 12.3. The Balaban J connectivity index is 1.51. The summed E-state index contributed by atoms with van der Waals surface area (Å²) in [4.78, 5) is 25.8. The maximum atomic E-state index is 12.3. The monoisotopic (exact) mass is 362 g/mol. The molecule has 1 aliphatic heterocycles. The summed E-state index contributed by atoms with van der Waals surface area (Å²) in [5.74, 6) is 2.03. The lowest BCUT2D eigenvalue weighted by molar-refractivity contribution is -0.122. The van der Waals surface area contributed by atoms with E-state index in [9.17, 15) is 9.59 Å². The number of allylic oxidation sites excluding steroid dienone is 2. The predicted molar refractivity (Wildman–Crippen MR) is 101 cm³/mol. The number of primary amides is 1. The highest BCUT2D eigenvalue weighted by molar-refractivity contribution is 5.79. The normalized spacial score (nSPS) is 31.5. The van der Waals surface area contributed by atoms with Crippen molar-refractivity contribution in [3.05, 3.63) is 11.3 Å². The molecule has 3 unspecified atom stereocenters. The smallest absolute Gasteiger partial charge is 0.221 e. The number of hydrogen-bond donors (Lipinski definition) is 1. The fraction of sp³-hybridized carbons (Fsp3) is 0.810. The van der Waals surface area contributed by atoms with Gasteiger partial charge in [-0.1, -0.05) is 13.8 Å². The Bertz CT molecular complexity index is 586. The molecule has 146 valence electrons. The van der Waals surface area contributed by atoms with Gasteiger partial charge in [0.2, 0.25) is 5.91 Å². The SMILES string of the molecule is CCCC(=O)CC12CC(=C(OCCN3CCC(C(N)=O)C3)C1)CC(C)C2. The van der Waals surface area contributed by atoms with Gasteiger partial charge in [-0.25, -0.2) is 0 Å². The average molecular weight is 363 g/mol. The third kappa shape index (κ3) is 4.48. The van der Waals surface area contributed by atoms with Gasteiger partial charge in [-0.2, -0.15) is 0 Å². The van der Waals surface area contributed by atoms with Crippen LogP contribution >= 0.6 is 0 Å². The molecule has 3 atom stereocenters. The van der Waals surface area contributed by atoms with Crippen molar-refractivity contribution in [1.29, 1.82) is 0 Å². The van der Waals surface area contributed by atoms with Crippen molar-refractivity contribution >= 4 is 11.7 Å². The van der Waals surface area contributed by atoms with Crippen LogP contribution in [0.3, 0.4) is 0 Å².